The largest absolute Gasteiger partial charge is 0.377 e. The zero-order chi connectivity index (χ0) is 16.5. The lowest BCUT2D eigenvalue weighted by Crippen LogP contribution is -2.44. The van der Waals surface area contributed by atoms with E-state index in [0.29, 0.717) is 25.4 Å². The fraction of sp³-hybridized carbons (Fsp3) is 0.941. The monoisotopic (exact) mass is 454 g/mol. The number of nitrogens with one attached hydrogen (secondary N) is 1. The summed E-state index contributed by atoms with van der Waals surface area (Å²) in [5.74, 6) is 1.00. The van der Waals surface area contributed by atoms with Gasteiger partial charge < -0.3 is 19.7 Å². The standard InChI is InChI=1S/C17H34N4O2.HI/c1-4-20(5-2)15-8-10-21(13-15)17(18-3)19-9-12-22-14-16-7-6-11-23-16;/h15-16H,4-14H2,1-3H3,(H,18,19);1H. The van der Waals surface area contributed by atoms with Gasteiger partial charge in [0.1, 0.15) is 0 Å². The van der Waals surface area contributed by atoms with E-state index in [0.717, 1.165) is 51.7 Å². The third-order valence-electron chi connectivity index (χ3n) is 4.86. The lowest BCUT2D eigenvalue weighted by Gasteiger charge is -2.27. The van der Waals surface area contributed by atoms with Crippen LogP contribution in [0.3, 0.4) is 0 Å². The van der Waals surface area contributed by atoms with E-state index < -0.39 is 0 Å². The lowest BCUT2D eigenvalue weighted by molar-refractivity contribution is 0.0190. The van der Waals surface area contributed by atoms with Crippen molar-refractivity contribution < 1.29 is 9.47 Å². The van der Waals surface area contributed by atoms with Gasteiger partial charge in [-0.3, -0.25) is 9.89 Å². The molecule has 24 heavy (non-hydrogen) atoms. The van der Waals surface area contributed by atoms with Crippen LogP contribution in [0.15, 0.2) is 4.99 Å². The van der Waals surface area contributed by atoms with Crippen LogP contribution >= 0.6 is 24.0 Å². The van der Waals surface area contributed by atoms with Gasteiger partial charge in [-0.1, -0.05) is 13.8 Å². The van der Waals surface area contributed by atoms with Crippen LogP contribution in [0.5, 0.6) is 0 Å². The normalized spacial score (nSPS) is 24.5. The summed E-state index contributed by atoms with van der Waals surface area (Å²) in [6, 6.07) is 0.652. The van der Waals surface area contributed by atoms with E-state index in [4.69, 9.17) is 9.47 Å². The fourth-order valence-electron chi connectivity index (χ4n) is 3.53. The third kappa shape index (κ3) is 6.65. The van der Waals surface area contributed by atoms with Crippen LogP contribution in [0.2, 0.25) is 0 Å². The van der Waals surface area contributed by atoms with Gasteiger partial charge in [0, 0.05) is 39.3 Å². The molecule has 2 saturated heterocycles. The molecule has 2 rings (SSSR count). The van der Waals surface area contributed by atoms with Crippen LogP contribution in [0.25, 0.3) is 0 Å². The highest BCUT2D eigenvalue weighted by Gasteiger charge is 2.27. The third-order valence-corrected chi connectivity index (χ3v) is 4.86. The molecule has 7 heteroatoms. The Morgan fingerprint density at radius 3 is 2.75 bits per heavy atom. The van der Waals surface area contributed by atoms with E-state index in [2.05, 4.69) is 34.0 Å². The predicted molar refractivity (Wildman–Crippen MR) is 109 cm³/mol. The van der Waals surface area contributed by atoms with E-state index in [1.54, 1.807) is 0 Å². The number of aliphatic imine (C=N–C) groups is 1. The fourth-order valence-corrected chi connectivity index (χ4v) is 3.53. The first-order chi connectivity index (χ1) is 11.3. The molecule has 2 atom stereocenters. The first-order valence-corrected chi connectivity index (χ1v) is 9.17. The molecular weight excluding hydrogens is 419 g/mol. The van der Waals surface area contributed by atoms with Crippen molar-refractivity contribution >= 4 is 29.9 Å². The van der Waals surface area contributed by atoms with Gasteiger partial charge in [-0.2, -0.15) is 0 Å². The smallest absolute Gasteiger partial charge is 0.193 e. The maximum atomic E-state index is 5.70. The molecule has 0 saturated carbocycles. The minimum absolute atomic E-state index is 0. The summed E-state index contributed by atoms with van der Waals surface area (Å²) in [5, 5.41) is 3.42. The van der Waals surface area contributed by atoms with Crippen LogP contribution in [0.1, 0.15) is 33.1 Å². The quantitative estimate of drug-likeness (QED) is 0.262. The minimum atomic E-state index is 0. The number of likely N-dealkylation sites (N-methyl/N-ethyl adjacent to an activating group) is 1. The summed E-state index contributed by atoms with van der Waals surface area (Å²) in [6.45, 7) is 12.0. The zero-order valence-corrected chi connectivity index (χ0v) is 17.8. The van der Waals surface area contributed by atoms with Gasteiger partial charge in [0.2, 0.25) is 0 Å². The number of halogens is 1. The van der Waals surface area contributed by atoms with E-state index in [9.17, 15) is 0 Å². The number of nitrogens with zero attached hydrogens (tertiary/aromatic N) is 3. The molecule has 0 bridgehead atoms. The Morgan fingerprint density at radius 2 is 2.12 bits per heavy atom. The number of hydrogen-bond donors (Lipinski definition) is 1. The Kier molecular flexibility index (Phi) is 11.2. The second-order valence-electron chi connectivity index (χ2n) is 6.29. The van der Waals surface area contributed by atoms with Gasteiger partial charge >= 0.3 is 0 Å². The summed E-state index contributed by atoms with van der Waals surface area (Å²) in [5.41, 5.74) is 0. The van der Waals surface area contributed by atoms with Crippen molar-refractivity contribution in [2.45, 2.75) is 45.3 Å². The van der Waals surface area contributed by atoms with Crippen LogP contribution in [-0.4, -0.2) is 87.5 Å². The van der Waals surface area contributed by atoms with Crippen molar-refractivity contribution in [3.63, 3.8) is 0 Å². The number of likely N-dealkylation sites (tertiary alicyclic amines) is 1. The highest BCUT2D eigenvalue weighted by atomic mass is 127. The van der Waals surface area contributed by atoms with Crippen LogP contribution in [0.4, 0.5) is 0 Å². The molecule has 2 heterocycles. The van der Waals surface area contributed by atoms with Gasteiger partial charge in [-0.25, -0.2) is 0 Å². The maximum Gasteiger partial charge on any atom is 0.193 e. The molecule has 0 aromatic rings. The summed E-state index contributed by atoms with van der Waals surface area (Å²) in [7, 11) is 1.86. The summed E-state index contributed by atoms with van der Waals surface area (Å²) in [4.78, 5) is 9.33. The number of rotatable bonds is 8. The van der Waals surface area contributed by atoms with Gasteiger partial charge in [0.05, 0.1) is 19.3 Å². The molecule has 2 aliphatic rings. The average molecular weight is 454 g/mol. The summed E-state index contributed by atoms with van der Waals surface area (Å²) >= 11 is 0. The Bertz CT molecular complexity index is 360. The highest BCUT2D eigenvalue weighted by molar-refractivity contribution is 14.0. The Hall–Kier alpha value is -0.120. The Labute approximate surface area is 164 Å². The van der Waals surface area contributed by atoms with E-state index in [1.807, 2.05) is 7.05 Å². The SMILES string of the molecule is CCN(CC)C1CCN(C(=NC)NCCOCC2CCCO2)C1.I. The second-order valence-corrected chi connectivity index (χ2v) is 6.29. The molecule has 0 amide bonds. The molecular formula is C17H35IN4O2. The number of hydrogen-bond acceptors (Lipinski definition) is 4. The zero-order valence-electron chi connectivity index (χ0n) is 15.5. The van der Waals surface area contributed by atoms with Crippen molar-refractivity contribution in [2.75, 3.05) is 59.6 Å². The molecule has 142 valence electrons. The molecule has 0 spiro atoms. The first kappa shape index (κ1) is 21.9. The summed E-state index contributed by atoms with van der Waals surface area (Å²) in [6.07, 6.45) is 3.83. The van der Waals surface area contributed by atoms with Crippen molar-refractivity contribution in [1.29, 1.82) is 0 Å². The first-order valence-electron chi connectivity index (χ1n) is 9.17. The molecule has 0 aromatic carbocycles. The van der Waals surface area contributed by atoms with Gasteiger partial charge in [0.15, 0.2) is 5.96 Å². The lowest BCUT2D eigenvalue weighted by atomic mass is 10.2. The van der Waals surface area contributed by atoms with Crippen molar-refractivity contribution in [3.05, 3.63) is 0 Å². The topological polar surface area (TPSA) is 49.3 Å². The molecule has 0 aromatic heterocycles. The molecule has 0 radical (unpaired) electrons. The van der Waals surface area contributed by atoms with Gasteiger partial charge in [0.25, 0.3) is 0 Å². The average Bonchev–Trinajstić information content (AvgIpc) is 3.24. The van der Waals surface area contributed by atoms with Crippen molar-refractivity contribution in [3.8, 4) is 0 Å². The molecule has 2 fully saturated rings. The molecule has 6 nitrogen and oxygen atoms in total. The van der Waals surface area contributed by atoms with Crippen molar-refractivity contribution in [2.24, 2.45) is 4.99 Å². The van der Waals surface area contributed by atoms with Crippen LogP contribution in [-0.2, 0) is 9.47 Å². The minimum Gasteiger partial charge on any atom is -0.377 e. The van der Waals surface area contributed by atoms with Crippen LogP contribution < -0.4 is 5.32 Å². The highest BCUT2D eigenvalue weighted by Crippen LogP contribution is 2.15. The van der Waals surface area contributed by atoms with Gasteiger partial charge in [-0.05, 0) is 32.4 Å². The maximum absolute atomic E-state index is 5.70. The number of guanidine groups is 1. The Balaban J connectivity index is 0.00000288. The Morgan fingerprint density at radius 1 is 1.33 bits per heavy atom. The number of ether oxygens (including phenoxy) is 2. The molecule has 0 aliphatic carbocycles. The van der Waals surface area contributed by atoms with E-state index in [-0.39, 0.29) is 24.0 Å². The van der Waals surface area contributed by atoms with E-state index >= 15 is 0 Å². The molecule has 2 unspecified atom stereocenters. The molecule has 1 N–H and O–H groups in total. The van der Waals surface area contributed by atoms with Crippen LogP contribution in [0, 0.1) is 0 Å². The van der Waals surface area contributed by atoms with E-state index in [1.165, 1.54) is 12.8 Å². The summed E-state index contributed by atoms with van der Waals surface area (Å²) < 4.78 is 11.3. The van der Waals surface area contributed by atoms with Gasteiger partial charge in [-0.15, -0.1) is 24.0 Å². The second kappa shape index (κ2) is 12.3. The van der Waals surface area contributed by atoms with Crippen molar-refractivity contribution in [1.82, 2.24) is 15.1 Å². The molecule has 2 aliphatic heterocycles. The predicted octanol–water partition coefficient (Wildman–Crippen LogP) is 1.79.